The SMILES string of the molecule is CCN(C(=O)c1cn(CC(=O)N2CCCC2)nn1)c1cccc2ccccc12. The number of hydrogen-bond acceptors (Lipinski definition) is 4. The first kappa shape index (κ1) is 18.2. The van der Waals surface area contributed by atoms with Crippen LogP contribution in [0.25, 0.3) is 10.8 Å². The molecule has 0 atom stereocenters. The van der Waals surface area contributed by atoms with Crippen molar-refractivity contribution in [3.63, 3.8) is 0 Å². The highest BCUT2D eigenvalue weighted by Crippen LogP contribution is 2.27. The molecule has 28 heavy (non-hydrogen) atoms. The molecule has 0 N–H and O–H groups in total. The number of hydrogen-bond donors (Lipinski definition) is 0. The Morgan fingerprint density at radius 1 is 1.07 bits per heavy atom. The number of rotatable bonds is 5. The van der Waals surface area contributed by atoms with Crippen LogP contribution in [0.1, 0.15) is 30.3 Å². The third-order valence-corrected chi connectivity index (χ3v) is 5.13. The molecular weight excluding hydrogens is 354 g/mol. The maximum Gasteiger partial charge on any atom is 0.280 e. The molecule has 2 amide bonds. The van der Waals surface area contributed by atoms with Gasteiger partial charge in [0, 0.05) is 25.0 Å². The van der Waals surface area contributed by atoms with Crippen molar-refractivity contribution < 1.29 is 9.59 Å². The molecule has 1 aromatic heterocycles. The van der Waals surface area contributed by atoms with Gasteiger partial charge in [0.2, 0.25) is 5.91 Å². The Morgan fingerprint density at radius 2 is 1.82 bits per heavy atom. The number of fused-ring (bicyclic) bond motifs is 1. The molecule has 7 nitrogen and oxygen atoms in total. The van der Waals surface area contributed by atoms with Crippen molar-refractivity contribution in [1.29, 1.82) is 0 Å². The monoisotopic (exact) mass is 377 g/mol. The van der Waals surface area contributed by atoms with Crippen LogP contribution < -0.4 is 4.90 Å². The highest BCUT2D eigenvalue weighted by atomic mass is 16.2. The third kappa shape index (κ3) is 3.47. The molecule has 144 valence electrons. The number of carbonyl (C=O) groups is 2. The van der Waals surface area contributed by atoms with Gasteiger partial charge < -0.3 is 9.80 Å². The van der Waals surface area contributed by atoms with Crippen molar-refractivity contribution in [1.82, 2.24) is 19.9 Å². The lowest BCUT2D eigenvalue weighted by atomic mass is 10.1. The predicted octanol–water partition coefficient (Wildman–Crippen LogP) is 2.72. The zero-order chi connectivity index (χ0) is 19.5. The smallest absolute Gasteiger partial charge is 0.280 e. The Labute approximate surface area is 163 Å². The Morgan fingerprint density at radius 3 is 2.61 bits per heavy atom. The van der Waals surface area contributed by atoms with Crippen LogP contribution in [0.2, 0.25) is 0 Å². The summed E-state index contributed by atoms with van der Waals surface area (Å²) in [5.74, 6) is -0.207. The van der Waals surface area contributed by atoms with Crippen molar-refractivity contribution in [2.24, 2.45) is 0 Å². The summed E-state index contributed by atoms with van der Waals surface area (Å²) in [5.41, 5.74) is 1.08. The zero-order valence-electron chi connectivity index (χ0n) is 15.9. The second-order valence-electron chi connectivity index (χ2n) is 6.94. The van der Waals surface area contributed by atoms with Crippen LogP contribution in [0.5, 0.6) is 0 Å². The highest BCUT2D eigenvalue weighted by molar-refractivity contribution is 6.09. The summed E-state index contributed by atoms with van der Waals surface area (Å²) in [6.07, 6.45) is 3.65. The van der Waals surface area contributed by atoms with E-state index in [1.165, 1.54) is 4.68 Å². The van der Waals surface area contributed by atoms with Crippen molar-refractivity contribution >= 4 is 28.3 Å². The van der Waals surface area contributed by atoms with Gasteiger partial charge >= 0.3 is 0 Å². The number of likely N-dealkylation sites (tertiary alicyclic amines) is 1. The Kier molecular flexibility index (Phi) is 5.06. The van der Waals surface area contributed by atoms with Crippen LogP contribution in [0.4, 0.5) is 5.69 Å². The van der Waals surface area contributed by atoms with Gasteiger partial charge in [0.15, 0.2) is 5.69 Å². The van der Waals surface area contributed by atoms with Gasteiger partial charge in [0.25, 0.3) is 5.91 Å². The number of anilines is 1. The number of amides is 2. The predicted molar refractivity (Wildman–Crippen MR) is 107 cm³/mol. The van der Waals surface area contributed by atoms with Crippen molar-refractivity contribution in [3.05, 3.63) is 54.4 Å². The summed E-state index contributed by atoms with van der Waals surface area (Å²) in [7, 11) is 0. The topological polar surface area (TPSA) is 71.3 Å². The lowest BCUT2D eigenvalue weighted by Gasteiger charge is -2.21. The minimum atomic E-state index is -0.223. The van der Waals surface area contributed by atoms with E-state index in [1.807, 2.05) is 54.3 Å². The van der Waals surface area contributed by atoms with Crippen LogP contribution in [0, 0.1) is 0 Å². The molecule has 0 aliphatic carbocycles. The lowest BCUT2D eigenvalue weighted by molar-refractivity contribution is -0.130. The van der Waals surface area contributed by atoms with Crippen LogP contribution in [-0.4, -0.2) is 51.3 Å². The molecule has 2 heterocycles. The second-order valence-corrected chi connectivity index (χ2v) is 6.94. The fourth-order valence-corrected chi connectivity index (χ4v) is 3.68. The fourth-order valence-electron chi connectivity index (χ4n) is 3.68. The van der Waals surface area contributed by atoms with Crippen LogP contribution in [-0.2, 0) is 11.3 Å². The van der Waals surface area contributed by atoms with E-state index in [2.05, 4.69) is 10.3 Å². The average molecular weight is 377 g/mol. The number of nitrogens with zero attached hydrogens (tertiary/aromatic N) is 5. The molecule has 7 heteroatoms. The summed E-state index contributed by atoms with van der Waals surface area (Å²) in [4.78, 5) is 28.9. The molecule has 0 unspecified atom stereocenters. The van der Waals surface area contributed by atoms with Gasteiger partial charge in [-0.15, -0.1) is 5.10 Å². The van der Waals surface area contributed by atoms with Gasteiger partial charge in [-0.3, -0.25) is 9.59 Å². The van der Waals surface area contributed by atoms with Crippen molar-refractivity contribution in [3.8, 4) is 0 Å². The first-order valence-corrected chi connectivity index (χ1v) is 9.65. The van der Waals surface area contributed by atoms with Crippen molar-refractivity contribution in [2.75, 3.05) is 24.5 Å². The zero-order valence-corrected chi connectivity index (χ0v) is 15.9. The standard InChI is InChI=1S/C21H23N5O2/c1-2-26(19-11-7-9-16-8-3-4-10-17(16)19)21(28)18-14-25(23-22-18)15-20(27)24-12-5-6-13-24/h3-4,7-11,14H,2,5-6,12-13,15H2,1H3. The van der Waals surface area contributed by atoms with Gasteiger partial charge in [-0.1, -0.05) is 41.6 Å². The molecule has 1 fully saturated rings. The van der Waals surface area contributed by atoms with E-state index in [1.54, 1.807) is 11.1 Å². The van der Waals surface area contributed by atoms with Gasteiger partial charge in [-0.05, 0) is 31.2 Å². The highest BCUT2D eigenvalue weighted by Gasteiger charge is 2.23. The second kappa shape index (κ2) is 7.80. The molecule has 1 aliphatic rings. The molecule has 0 bridgehead atoms. The molecule has 4 rings (SSSR count). The third-order valence-electron chi connectivity index (χ3n) is 5.13. The molecule has 1 aliphatic heterocycles. The first-order chi connectivity index (χ1) is 13.7. The van der Waals surface area contributed by atoms with E-state index in [0.717, 1.165) is 42.4 Å². The number of benzene rings is 2. The Hall–Kier alpha value is -3.22. The van der Waals surface area contributed by atoms with Gasteiger partial charge in [0.05, 0.1) is 11.9 Å². The minimum absolute atomic E-state index is 0.0165. The van der Waals surface area contributed by atoms with Crippen molar-refractivity contribution in [2.45, 2.75) is 26.3 Å². The van der Waals surface area contributed by atoms with Crippen LogP contribution >= 0.6 is 0 Å². The van der Waals surface area contributed by atoms with E-state index >= 15 is 0 Å². The minimum Gasteiger partial charge on any atom is -0.341 e. The summed E-state index contributed by atoms with van der Waals surface area (Å²) in [5, 5.41) is 10.1. The maximum absolute atomic E-state index is 13.1. The summed E-state index contributed by atoms with van der Waals surface area (Å²) in [6.45, 7) is 4.14. The summed E-state index contributed by atoms with van der Waals surface area (Å²) in [6, 6.07) is 13.9. The summed E-state index contributed by atoms with van der Waals surface area (Å²) < 4.78 is 1.45. The first-order valence-electron chi connectivity index (χ1n) is 9.65. The van der Waals surface area contributed by atoms with E-state index in [0.29, 0.717) is 6.54 Å². The fraction of sp³-hybridized carbons (Fsp3) is 0.333. The molecular formula is C21H23N5O2. The number of aromatic nitrogens is 3. The van der Waals surface area contributed by atoms with E-state index in [9.17, 15) is 9.59 Å². The number of carbonyl (C=O) groups excluding carboxylic acids is 2. The normalized spacial score (nSPS) is 13.8. The van der Waals surface area contributed by atoms with Crippen LogP contribution in [0.3, 0.4) is 0 Å². The Bertz CT molecular complexity index is 1000. The molecule has 1 saturated heterocycles. The molecule has 2 aromatic carbocycles. The van der Waals surface area contributed by atoms with Gasteiger partial charge in [-0.2, -0.15) is 0 Å². The summed E-state index contributed by atoms with van der Waals surface area (Å²) >= 11 is 0. The van der Waals surface area contributed by atoms with E-state index in [4.69, 9.17) is 0 Å². The lowest BCUT2D eigenvalue weighted by Crippen LogP contribution is -2.31. The van der Waals surface area contributed by atoms with E-state index in [-0.39, 0.29) is 24.1 Å². The molecule has 0 radical (unpaired) electrons. The quantitative estimate of drug-likeness (QED) is 0.685. The molecule has 0 spiro atoms. The molecule has 3 aromatic rings. The Balaban J connectivity index is 1.56. The van der Waals surface area contributed by atoms with Gasteiger partial charge in [-0.25, -0.2) is 4.68 Å². The van der Waals surface area contributed by atoms with Crippen LogP contribution in [0.15, 0.2) is 48.7 Å². The maximum atomic E-state index is 13.1. The van der Waals surface area contributed by atoms with Gasteiger partial charge in [0.1, 0.15) is 6.54 Å². The largest absolute Gasteiger partial charge is 0.341 e. The molecule has 0 saturated carbocycles. The average Bonchev–Trinajstić information content (AvgIpc) is 3.41. The van der Waals surface area contributed by atoms with E-state index < -0.39 is 0 Å².